The van der Waals surface area contributed by atoms with Crippen LogP contribution in [0.3, 0.4) is 0 Å². The second-order valence-electron chi connectivity index (χ2n) is 12.8. The average Bonchev–Trinajstić information content (AvgIpc) is 2.88. The normalized spacial score (nSPS) is 24.6. The Balaban J connectivity index is 1.62. The maximum atomic E-state index is 12.9. The van der Waals surface area contributed by atoms with Gasteiger partial charge in [-0.25, -0.2) is 0 Å². The van der Waals surface area contributed by atoms with Crippen molar-refractivity contribution in [3.8, 4) is 0 Å². The van der Waals surface area contributed by atoms with Crippen molar-refractivity contribution in [2.45, 2.75) is 118 Å². The highest BCUT2D eigenvalue weighted by atomic mass is 16.3. The number of carbonyl (C=O) groups is 1. The number of hydrogen-bond acceptors (Lipinski definition) is 4. The van der Waals surface area contributed by atoms with Crippen LogP contribution in [0.4, 0.5) is 0 Å². The molecule has 2 aliphatic rings. The summed E-state index contributed by atoms with van der Waals surface area (Å²) in [7, 11) is 0. The summed E-state index contributed by atoms with van der Waals surface area (Å²) in [5.41, 5.74) is 1.41. The van der Waals surface area contributed by atoms with Crippen molar-refractivity contribution in [1.82, 2.24) is 15.5 Å². The molecular weight excluding hydrogens is 410 g/mol. The van der Waals surface area contributed by atoms with Crippen molar-refractivity contribution in [2.75, 3.05) is 26.2 Å². The molecule has 5 heteroatoms. The second-order valence-corrected chi connectivity index (χ2v) is 12.8. The van der Waals surface area contributed by atoms with Crippen LogP contribution in [0.15, 0.2) is 11.6 Å². The molecule has 1 heterocycles. The van der Waals surface area contributed by atoms with Gasteiger partial charge in [-0.05, 0) is 88.8 Å². The molecule has 3 N–H and O–H groups in total. The molecule has 0 aromatic rings. The minimum absolute atomic E-state index is 0.0544. The zero-order valence-corrected chi connectivity index (χ0v) is 22.7. The Bertz CT molecular complexity index is 648. The largest absolute Gasteiger partial charge is 0.375 e. The van der Waals surface area contributed by atoms with Crippen LogP contribution >= 0.6 is 0 Å². The lowest BCUT2D eigenvalue weighted by Crippen LogP contribution is -2.56. The first-order valence-electron chi connectivity index (χ1n) is 13.5. The highest BCUT2D eigenvalue weighted by Crippen LogP contribution is 2.38. The molecule has 2 rings (SSSR count). The number of nitrogens with one attached hydrogen (secondary N) is 2. The summed E-state index contributed by atoms with van der Waals surface area (Å²) >= 11 is 0. The molecule has 0 radical (unpaired) electrons. The van der Waals surface area contributed by atoms with Crippen LogP contribution in [0.2, 0.25) is 0 Å². The maximum absolute atomic E-state index is 12.9. The van der Waals surface area contributed by atoms with Gasteiger partial charge in [0.15, 0.2) is 0 Å². The monoisotopic (exact) mass is 463 g/mol. The molecule has 0 bridgehead atoms. The Labute approximate surface area is 204 Å². The highest BCUT2D eigenvalue weighted by molar-refractivity contribution is 5.79. The van der Waals surface area contributed by atoms with Gasteiger partial charge in [-0.3, -0.25) is 15.0 Å². The van der Waals surface area contributed by atoms with E-state index in [9.17, 15) is 9.90 Å². The number of aliphatic hydroxyl groups excluding tert-OH is 1. The Morgan fingerprint density at radius 1 is 1.09 bits per heavy atom. The number of amides is 1. The van der Waals surface area contributed by atoms with Gasteiger partial charge < -0.3 is 10.4 Å². The molecule has 5 nitrogen and oxygen atoms in total. The average molecular weight is 464 g/mol. The number of likely N-dealkylation sites (tertiary alicyclic amines) is 1. The summed E-state index contributed by atoms with van der Waals surface area (Å²) in [5, 5.41) is 17.2. The number of carbonyl (C=O) groups excluding carboxylic acids is 1. The van der Waals surface area contributed by atoms with Gasteiger partial charge in [0, 0.05) is 18.6 Å². The molecule has 1 saturated heterocycles. The first-order chi connectivity index (χ1) is 15.3. The van der Waals surface area contributed by atoms with E-state index >= 15 is 0 Å². The van der Waals surface area contributed by atoms with Gasteiger partial charge in [0.2, 0.25) is 5.91 Å². The van der Waals surface area contributed by atoms with Crippen molar-refractivity contribution in [2.24, 2.45) is 16.7 Å². The fourth-order valence-electron chi connectivity index (χ4n) is 5.36. The second kappa shape index (κ2) is 12.2. The van der Waals surface area contributed by atoms with Crippen LogP contribution in [0.5, 0.6) is 0 Å². The molecule has 0 aromatic carbocycles. The van der Waals surface area contributed by atoms with Crippen molar-refractivity contribution >= 4 is 5.91 Å². The van der Waals surface area contributed by atoms with Gasteiger partial charge in [0.05, 0.1) is 5.92 Å². The first kappa shape index (κ1) is 28.3. The summed E-state index contributed by atoms with van der Waals surface area (Å²) in [4.78, 5) is 15.4. The van der Waals surface area contributed by atoms with Gasteiger partial charge in [-0.2, -0.15) is 0 Å². The summed E-state index contributed by atoms with van der Waals surface area (Å²) in [5.74, 6) is 0.275. The molecule has 33 heavy (non-hydrogen) atoms. The number of rotatable bonds is 10. The van der Waals surface area contributed by atoms with Gasteiger partial charge >= 0.3 is 0 Å². The molecule has 2 atom stereocenters. The minimum atomic E-state index is -0.524. The number of aliphatic hydroxyl groups is 1. The van der Waals surface area contributed by atoms with Crippen molar-refractivity contribution in [3.63, 3.8) is 0 Å². The minimum Gasteiger partial charge on any atom is -0.375 e. The fraction of sp³-hybridized carbons (Fsp3) is 0.893. The number of nitrogens with zero attached hydrogens (tertiary/aromatic N) is 1. The van der Waals surface area contributed by atoms with Gasteiger partial charge in [-0.15, -0.1) is 0 Å². The molecule has 1 aliphatic carbocycles. The molecule has 0 saturated carbocycles. The maximum Gasteiger partial charge on any atom is 0.224 e. The van der Waals surface area contributed by atoms with E-state index in [4.69, 9.17) is 0 Å². The molecule has 1 amide bonds. The molecule has 2 unspecified atom stereocenters. The van der Waals surface area contributed by atoms with E-state index in [1.54, 1.807) is 0 Å². The third kappa shape index (κ3) is 8.67. The van der Waals surface area contributed by atoms with E-state index in [-0.39, 0.29) is 28.2 Å². The van der Waals surface area contributed by atoms with Crippen LogP contribution in [0.1, 0.15) is 106 Å². The Morgan fingerprint density at radius 2 is 1.76 bits per heavy atom. The van der Waals surface area contributed by atoms with E-state index in [0.29, 0.717) is 0 Å². The van der Waals surface area contributed by atoms with Gasteiger partial charge in [0.1, 0.15) is 6.23 Å². The third-order valence-corrected chi connectivity index (χ3v) is 8.07. The topological polar surface area (TPSA) is 64.6 Å². The Morgan fingerprint density at radius 3 is 2.42 bits per heavy atom. The van der Waals surface area contributed by atoms with Crippen LogP contribution in [0.25, 0.3) is 0 Å². The molecule has 0 aromatic heterocycles. The van der Waals surface area contributed by atoms with Crippen molar-refractivity contribution < 1.29 is 9.90 Å². The van der Waals surface area contributed by atoms with Crippen LogP contribution in [-0.4, -0.2) is 53.9 Å². The molecule has 1 aliphatic heterocycles. The van der Waals surface area contributed by atoms with Gasteiger partial charge in [-0.1, -0.05) is 53.0 Å². The molecule has 0 spiro atoms. The molecular formula is C28H53N3O2. The van der Waals surface area contributed by atoms with E-state index in [1.165, 1.54) is 18.4 Å². The summed E-state index contributed by atoms with van der Waals surface area (Å²) < 4.78 is 0. The molecule has 1 fully saturated rings. The van der Waals surface area contributed by atoms with E-state index in [2.05, 4.69) is 70.1 Å². The number of piperidine rings is 1. The summed E-state index contributed by atoms with van der Waals surface area (Å²) in [6.45, 7) is 19.2. The van der Waals surface area contributed by atoms with E-state index in [1.807, 2.05) is 0 Å². The lowest BCUT2D eigenvalue weighted by Gasteiger charge is -2.48. The summed E-state index contributed by atoms with van der Waals surface area (Å²) in [6, 6.07) is 0. The predicted octanol–water partition coefficient (Wildman–Crippen LogP) is 5.24. The lowest BCUT2D eigenvalue weighted by atomic mass is 9.72. The van der Waals surface area contributed by atoms with Gasteiger partial charge in [0.25, 0.3) is 0 Å². The number of hydrogen-bond donors (Lipinski definition) is 3. The quantitative estimate of drug-likeness (QED) is 0.235. The standard InChI is InChI=1S/C28H53N3O2/c1-26(2,3)31-20-17-28(6,7)23(21-31)25(33)30-19-14-9-8-13-18-29-24(32)22-15-11-10-12-16-27(22,4)5/h15,23-24,29,32H,8-14,16-21H2,1-7H3,(H,30,33). The smallest absolute Gasteiger partial charge is 0.224 e. The Hall–Kier alpha value is -0.910. The van der Waals surface area contributed by atoms with E-state index < -0.39 is 6.23 Å². The predicted molar refractivity (Wildman–Crippen MR) is 139 cm³/mol. The number of unbranched alkanes of at least 4 members (excludes halogenated alkanes) is 3. The van der Waals surface area contributed by atoms with Crippen LogP contribution < -0.4 is 10.6 Å². The molecule has 192 valence electrons. The first-order valence-corrected chi connectivity index (χ1v) is 13.5. The van der Waals surface area contributed by atoms with Crippen LogP contribution in [0, 0.1) is 16.7 Å². The lowest BCUT2D eigenvalue weighted by molar-refractivity contribution is -0.133. The zero-order chi connectivity index (χ0) is 24.7. The Kier molecular flexibility index (Phi) is 10.4. The SMILES string of the molecule is CC1(C)CCCCC=C1C(O)NCCCCCCNC(=O)C1CN(C(C)(C)C)CCC1(C)C. The third-order valence-electron chi connectivity index (χ3n) is 8.07. The van der Waals surface area contributed by atoms with Crippen molar-refractivity contribution in [3.05, 3.63) is 11.6 Å². The van der Waals surface area contributed by atoms with Crippen LogP contribution in [-0.2, 0) is 4.79 Å². The fourth-order valence-corrected chi connectivity index (χ4v) is 5.36. The summed E-state index contributed by atoms with van der Waals surface area (Å²) in [6.07, 6.45) is 11.8. The number of allylic oxidation sites excluding steroid dienone is 1. The van der Waals surface area contributed by atoms with Crippen molar-refractivity contribution in [1.29, 1.82) is 0 Å². The highest BCUT2D eigenvalue weighted by Gasteiger charge is 2.42. The van der Waals surface area contributed by atoms with E-state index in [0.717, 1.165) is 71.1 Å². The zero-order valence-electron chi connectivity index (χ0n) is 22.7.